The van der Waals surface area contributed by atoms with Crippen LogP contribution in [0.5, 0.6) is 11.5 Å². The van der Waals surface area contributed by atoms with E-state index < -0.39 is 0 Å². The van der Waals surface area contributed by atoms with Crippen LogP contribution in [0.4, 0.5) is 0 Å². The summed E-state index contributed by atoms with van der Waals surface area (Å²) in [4.78, 5) is 18.7. The third kappa shape index (κ3) is 4.88. The number of hydrogen-bond donors (Lipinski definition) is 1. The van der Waals surface area contributed by atoms with Crippen molar-refractivity contribution in [2.45, 2.75) is 56.9 Å². The minimum absolute atomic E-state index is 0.0963. The summed E-state index contributed by atoms with van der Waals surface area (Å²) < 4.78 is 11.0. The number of nitrogens with one attached hydrogen (secondary N) is 1. The lowest BCUT2D eigenvalue weighted by atomic mass is 9.97. The average Bonchev–Trinajstić information content (AvgIpc) is 3.69. The fourth-order valence-electron chi connectivity index (χ4n) is 6.36. The molecule has 0 unspecified atom stereocenters. The van der Waals surface area contributed by atoms with E-state index in [4.69, 9.17) is 9.47 Å². The molecule has 0 radical (unpaired) electrons. The number of likely N-dealkylation sites (tertiary alicyclic amines) is 1. The molecule has 1 amide bonds. The third-order valence-corrected chi connectivity index (χ3v) is 9.06. The molecule has 3 heterocycles. The predicted octanol–water partition coefficient (Wildman–Crippen LogP) is 4.05. The Bertz CT molecular complexity index is 1240. The van der Waals surface area contributed by atoms with E-state index in [2.05, 4.69) is 62.3 Å². The number of benzene rings is 2. The molecule has 2 atom stereocenters. The molecule has 1 aliphatic carbocycles. The van der Waals surface area contributed by atoms with E-state index in [0.717, 1.165) is 62.4 Å². The number of nitrogens with zero attached hydrogens (tertiary/aromatic N) is 2. The molecule has 194 valence electrons. The summed E-state index contributed by atoms with van der Waals surface area (Å²) in [6.45, 7) is 3.13. The largest absolute Gasteiger partial charge is 0.493 e. The van der Waals surface area contributed by atoms with Gasteiger partial charge in [-0.15, -0.1) is 0 Å². The van der Waals surface area contributed by atoms with Crippen molar-refractivity contribution in [3.8, 4) is 11.5 Å². The first-order valence-electron chi connectivity index (χ1n) is 13.2. The van der Waals surface area contributed by atoms with Crippen LogP contribution in [0.3, 0.4) is 0 Å². The smallest absolute Gasteiger partial charge is 0.240 e. The number of thiophene rings is 1. The molecule has 2 aliphatic heterocycles. The summed E-state index contributed by atoms with van der Waals surface area (Å²) in [5.74, 6) is 1.74. The number of fused-ring (bicyclic) bond motifs is 2. The van der Waals surface area contributed by atoms with Crippen LogP contribution in [0.15, 0.2) is 53.2 Å². The van der Waals surface area contributed by atoms with E-state index in [-0.39, 0.29) is 11.9 Å². The first-order valence-corrected chi connectivity index (χ1v) is 14.2. The molecule has 37 heavy (non-hydrogen) atoms. The SMILES string of the molecule is COc1cc2c(cc1OC)CN(C(=O)[C@@H]1C[C@@H](NCc3ccsc3)CN1C1Cc3ccccc3C1)CC2. The van der Waals surface area contributed by atoms with Crippen LogP contribution in [-0.4, -0.2) is 61.1 Å². The Morgan fingerprint density at radius 2 is 1.76 bits per heavy atom. The first-order chi connectivity index (χ1) is 18.1. The molecule has 3 aliphatic rings. The van der Waals surface area contributed by atoms with Crippen molar-refractivity contribution >= 4 is 17.2 Å². The quantitative estimate of drug-likeness (QED) is 0.513. The van der Waals surface area contributed by atoms with Crippen LogP contribution in [0, 0.1) is 0 Å². The Morgan fingerprint density at radius 1 is 1.03 bits per heavy atom. The van der Waals surface area contributed by atoms with Gasteiger partial charge in [-0.05, 0) is 82.5 Å². The van der Waals surface area contributed by atoms with Crippen molar-refractivity contribution < 1.29 is 14.3 Å². The number of carbonyl (C=O) groups is 1. The van der Waals surface area contributed by atoms with Gasteiger partial charge in [0.05, 0.1) is 20.3 Å². The second-order valence-electron chi connectivity index (χ2n) is 10.5. The van der Waals surface area contributed by atoms with Crippen molar-refractivity contribution in [3.05, 3.63) is 81.0 Å². The zero-order valence-electron chi connectivity index (χ0n) is 21.6. The Morgan fingerprint density at radius 3 is 2.43 bits per heavy atom. The highest BCUT2D eigenvalue weighted by molar-refractivity contribution is 7.07. The number of carbonyl (C=O) groups excluding carboxylic acids is 1. The second kappa shape index (κ2) is 10.5. The Labute approximate surface area is 223 Å². The van der Waals surface area contributed by atoms with Gasteiger partial charge >= 0.3 is 0 Å². The molecule has 0 bridgehead atoms. The van der Waals surface area contributed by atoms with Gasteiger partial charge in [0.15, 0.2) is 11.5 Å². The number of amides is 1. The lowest BCUT2D eigenvalue weighted by Crippen LogP contribution is -2.50. The van der Waals surface area contributed by atoms with Gasteiger partial charge in [-0.25, -0.2) is 0 Å². The van der Waals surface area contributed by atoms with Crippen LogP contribution < -0.4 is 14.8 Å². The minimum atomic E-state index is -0.0963. The maximum atomic E-state index is 14.1. The van der Waals surface area contributed by atoms with E-state index in [1.54, 1.807) is 25.6 Å². The second-order valence-corrected chi connectivity index (χ2v) is 11.3. The monoisotopic (exact) mass is 517 g/mol. The summed E-state index contributed by atoms with van der Waals surface area (Å²) in [5.41, 5.74) is 6.58. The molecule has 2 aromatic carbocycles. The van der Waals surface area contributed by atoms with Gasteiger partial charge in [-0.3, -0.25) is 9.69 Å². The van der Waals surface area contributed by atoms with Crippen molar-refractivity contribution in [3.63, 3.8) is 0 Å². The average molecular weight is 518 g/mol. The lowest BCUT2D eigenvalue weighted by molar-refractivity contribution is -0.137. The lowest BCUT2D eigenvalue weighted by Gasteiger charge is -2.36. The molecule has 7 heteroatoms. The molecule has 1 N–H and O–H groups in total. The fraction of sp³-hybridized carbons (Fsp3) is 0.433. The van der Waals surface area contributed by atoms with Gasteiger partial charge in [0.1, 0.15) is 0 Å². The zero-order chi connectivity index (χ0) is 25.4. The third-order valence-electron chi connectivity index (χ3n) is 8.33. The highest BCUT2D eigenvalue weighted by atomic mass is 32.1. The molecule has 0 spiro atoms. The maximum absolute atomic E-state index is 14.1. The van der Waals surface area contributed by atoms with Crippen LogP contribution in [0.1, 0.15) is 34.2 Å². The van der Waals surface area contributed by atoms with E-state index in [9.17, 15) is 4.79 Å². The van der Waals surface area contributed by atoms with E-state index in [1.165, 1.54) is 22.3 Å². The normalized spacial score (nSPS) is 21.6. The Balaban J connectivity index is 1.21. The van der Waals surface area contributed by atoms with Crippen molar-refractivity contribution in [1.29, 1.82) is 0 Å². The topological polar surface area (TPSA) is 54.0 Å². The molecular formula is C30H35N3O3S. The summed E-state index contributed by atoms with van der Waals surface area (Å²) >= 11 is 1.73. The summed E-state index contributed by atoms with van der Waals surface area (Å²) in [6.07, 6.45) is 3.74. The number of hydrogen-bond acceptors (Lipinski definition) is 6. The molecule has 6 nitrogen and oxygen atoms in total. The van der Waals surface area contributed by atoms with Crippen molar-refractivity contribution in [1.82, 2.24) is 15.1 Å². The van der Waals surface area contributed by atoms with E-state index >= 15 is 0 Å². The van der Waals surface area contributed by atoms with Gasteiger partial charge < -0.3 is 19.7 Å². The number of methoxy groups -OCH3 is 2. The van der Waals surface area contributed by atoms with Crippen LogP contribution >= 0.6 is 11.3 Å². The first kappa shape index (κ1) is 24.5. The van der Waals surface area contributed by atoms with Crippen molar-refractivity contribution in [2.75, 3.05) is 27.3 Å². The fourth-order valence-corrected chi connectivity index (χ4v) is 7.03. The molecular weight excluding hydrogens is 482 g/mol. The Kier molecular flexibility index (Phi) is 6.93. The summed E-state index contributed by atoms with van der Waals surface area (Å²) in [6, 6.07) is 15.6. The Hall–Kier alpha value is -2.87. The predicted molar refractivity (Wildman–Crippen MR) is 146 cm³/mol. The van der Waals surface area contributed by atoms with Crippen LogP contribution in [-0.2, 0) is 37.1 Å². The molecule has 0 saturated carbocycles. The molecule has 6 rings (SSSR count). The highest BCUT2D eigenvalue weighted by Gasteiger charge is 2.43. The zero-order valence-corrected chi connectivity index (χ0v) is 22.4. The molecule has 1 saturated heterocycles. The van der Waals surface area contributed by atoms with Gasteiger partial charge in [-0.2, -0.15) is 11.3 Å². The summed E-state index contributed by atoms with van der Waals surface area (Å²) in [5, 5.41) is 8.08. The van der Waals surface area contributed by atoms with Gasteiger partial charge in [0, 0.05) is 38.3 Å². The minimum Gasteiger partial charge on any atom is -0.493 e. The van der Waals surface area contributed by atoms with Crippen molar-refractivity contribution in [2.24, 2.45) is 0 Å². The highest BCUT2D eigenvalue weighted by Crippen LogP contribution is 2.35. The van der Waals surface area contributed by atoms with Crippen LogP contribution in [0.25, 0.3) is 0 Å². The molecule has 3 aromatic rings. The standard InChI is InChI=1S/C30H35N3O3S/c1-35-28-13-23-7-9-32(17-24(23)14-29(28)36-2)30(34)27-15-25(31-16-20-8-10-37-19-20)18-33(27)26-11-21-5-3-4-6-22(21)12-26/h3-6,8,10,13-14,19,25-27,31H,7,9,11-12,15-18H2,1-2H3/t25-,27+/m1/s1. The molecule has 1 fully saturated rings. The van der Waals surface area contributed by atoms with Gasteiger partial charge in [-0.1, -0.05) is 24.3 Å². The molecule has 1 aromatic heterocycles. The number of rotatable bonds is 7. The van der Waals surface area contributed by atoms with Gasteiger partial charge in [0.25, 0.3) is 0 Å². The maximum Gasteiger partial charge on any atom is 0.240 e. The van der Waals surface area contributed by atoms with E-state index in [1.807, 2.05) is 6.07 Å². The van der Waals surface area contributed by atoms with Gasteiger partial charge in [0.2, 0.25) is 5.91 Å². The van der Waals surface area contributed by atoms with Crippen LogP contribution in [0.2, 0.25) is 0 Å². The summed E-state index contributed by atoms with van der Waals surface area (Å²) in [7, 11) is 3.33. The number of ether oxygens (including phenoxy) is 2. The van der Waals surface area contributed by atoms with E-state index in [0.29, 0.717) is 18.6 Å².